The highest BCUT2D eigenvalue weighted by Crippen LogP contribution is 2.43. The van der Waals surface area contributed by atoms with Crippen molar-refractivity contribution in [3.8, 4) is 0 Å². The van der Waals surface area contributed by atoms with Crippen molar-refractivity contribution < 1.29 is 9.90 Å². The van der Waals surface area contributed by atoms with Crippen LogP contribution in [-0.4, -0.2) is 11.1 Å². The summed E-state index contributed by atoms with van der Waals surface area (Å²) in [6.07, 6.45) is 5.91. The van der Waals surface area contributed by atoms with Crippen LogP contribution in [0.15, 0.2) is 23.3 Å². The van der Waals surface area contributed by atoms with Gasteiger partial charge >= 0.3 is 5.97 Å². The van der Waals surface area contributed by atoms with E-state index in [2.05, 4.69) is 13.0 Å². The second-order valence-electron chi connectivity index (χ2n) is 3.60. The van der Waals surface area contributed by atoms with Crippen molar-refractivity contribution >= 4 is 5.97 Å². The highest BCUT2D eigenvalue weighted by Gasteiger charge is 2.36. The number of aliphatic carboxylic acids is 1. The molecule has 2 aliphatic rings. The Balaban J connectivity index is 2.21. The van der Waals surface area contributed by atoms with E-state index < -0.39 is 5.97 Å². The molecule has 0 aromatic rings. The number of carboxylic acid groups (broad SMARTS) is 1. The van der Waals surface area contributed by atoms with Crippen molar-refractivity contribution in [1.82, 2.24) is 0 Å². The van der Waals surface area contributed by atoms with Crippen molar-refractivity contribution in [2.24, 2.45) is 11.8 Å². The summed E-state index contributed by atoms with van der Waals surface area (Å²) in [6.45, 7) is 2.10. The Morgan fingerprint density at radius 1 is 1.42 bits per heavy atom. The minimum Gasteiger partial charge on any atom is -0.478 e. The lowest BCUT2D eigenvalue weighted by atomic mass is 9.91. The zero-order valence-electron chi connectivity index (χ0n) is 7.08. The zero-order valence-corrected chi connectivity index (χ0v) is 7.08. The van der Waals surface area contributed by atoms with Crippen LogP contribution in [0.2, 0.25) is 0 Å². The monoisotopic (exact) mass is 164 g/mol. The SMILES string of the molecule is CC1=CC[C@@H]2C(C(=O)O)=CC[C@H]12. The van der Waals surface area contributed by atoms with Crippen LogP contribution < -0.4 is 0 Å². The average molecular weight is 164 g/mol. The number of fused-ring (bicyclic) bond motifs is 1. The van der Waals surface area contributed by atoms with Crippen LogP contribution in [0, 0.1) is 11.8 Å². The highest BCUT2D eigenvalue weighted by molar-refractivity contribution is 5.88. The van der Waals surface area contributed by atoms with Crippen LogP contribution in [0.5, 0.6) is 0 Å². The summed E-state index contributed by atoms with van der Waals surface area (Å²) in [7, 11) is 0. The second kappa shape index (κ2) is 2.47. The summed E-state index contributed by atoms with van der Waals surface area (Å²) < 4.78 is 0. The Kier molecular flexibility index (Phi) is 1.56. The fourth-order valence-corrected chi connectivity index (χ4v) is 2.29. The molecule has 2 heteroatoms. The number of hydrogen-bond acceptors (Lipinski definition) is 1. The first kappa shape index (κ1) is 7.59. The number of allylic oxidation sites excluding steroid dienone is 3. The Bertz CT molecular complexity index is 286. The van der Waals surface area contributed by atoms with Gasteiger partial charge in [0.2, 0.25) is 0 Å². The lowest BCUT2D eigenvalue weighted by Crippen LogP contribution is -2.12. The summed E-state index contributed by atoms with van der Waals surface area (Å²) in [5.74, 6) is 0.0456. The summed E-state index contributed by atoms with van der Waals surface area (Å²) in [4.78, 5) is 10.8. The molecule has 2 aliphatic carbocycles. The number of carbonyl (C=O) groups is 1. The standard InChI is InChI=1S/C10H12O2/c1-6-2-3-8-7(6)4-5-9(8)10(11)12/h2,5,7-8H,3-4H2,1H3,(H,11,12)/t7-,8+/m1/s1. The van der Waals surface area contributed by atoms with Gasteiger partial charge in [-0.1, -0.05) is 17.7 Å². The minimum atomic E-state index is -0.731. The third-order valence-electron chi connectivity index (χ3n) is 3.00. The molecule has 0 unspecified atom stereocenters. The molecule has 12 heavy (non-hydrogen) atoms. The van der Waals surface area contributed by atoms with Crippen molar-refractivity contribution in [1.29, 1.82) is 0 Å². The smallest absolute Gasteiger partial charge is 0.331 e. The van der Waals surface area contributed by atoms with E-state index >= 15 is 0 Å². The van der Waals surface area contributed by atoms with Crippen LogP contribution in [-0.2, 0) is 4.79 Å². The van der Waals surface area contributed by atoms with Crippen LogP contribution in [0.3, 0.4) is 0 Å². The van der Waals surface area contributed by atoms with Gasteiger partial charge in [0.1, 0.15) is 0 Å². The normalized spacial score (nSPS) is 32.8. The molecule has 0 spiro atoms. The lowest BCUT2D eigenvalue weighted by Gasteiger charge is -2.12. The van der Waals surface area contributed by atoms with Crippen LogP contribution >= 0.6 is 0 Å². The van der Waals surface area contributed by atoms with E-state index in [1.165, 1.54) is 5.57 Å². The molecule has 0 aliphatic heterocycles. The predicted octanol–water partition coefficient (Wildman–Crippen LogP) is 1.98. The van der Waals surface area contributed by atoms with E-state index in [1.807, 2.05) is 6.08 Å². The first-order valence-corrected chi connectivity index (χ1v) is 4.30. The minimum absolute atomic E-state index is 0.280. The topological polar surface area (TPSA) is 37.3 Å². The van der Waals surface area contributed by atoms with Gasteiger partial charge in [-0.15, -0.1) is 0 Å². The Morgan fingerprint density at radius 3 is 2.75 bits per heavy atom. The van der Waals surface area contributed by atoms with E-state index in [0.717, 1.165) is 12.8 Å². The molecule has 0 aromatic heterocycles. The van der Waals surface area contributed by atoms with E-state index in [4.69, 9.17) is 5.11 Å². The molecule has 2 nitrogen and oxygen atoms in total. The predicted molar refractivity (Wildman–Crippen MR) is 45.7 cm³/mol. The van der Waals surface area contributed by atoms with Gasteiger partial charge in [-0.2, -0.15) is 0 Å². The molecule has 0 saturated carbocycles. The molecular formula is C10H12O2. The summed E-state index contributed by atoms with van der Waals surface area (Å²) in [5.41, 5.74) is 2.00. The van der Waals surface area contributed by atoms with E-state index in [9.17, 15) is 4.79 Å². The highest BCUT2D eigenvalue weighted by atomic mass is 16.4. The fourth-order valence-electron chi connectivity index (χ4n) is 2.29. The maximum atomic E-state index is 10.8. The molecule has 0 bridgehead atoms. The number of hydrogen-bond donors (Lipinski definition) is 1. The maximum Gasteiger partial charge on any atom is 0.331 e. The molecule has 0 aromatic carbocycles. The molecule has 0 radical (unpaired) electrons. The fraction of sp³-hybridized carbons (Fsp3) is 0.500. The van der Waals surface area contributed by atoms with Crippen molar-refractivity contribution in [2.45, 2.75) is 19.8 Å². The van der Waals surface area contributed by atoms with Gasteiger partial charge in [-0.25, -0.2) is 4.79 Å². The Hall–Kier alpha value is -1.05. The van der Waals surface area contributed by atoms with E-state index in [0.29, 0.717) is 11.5 Å². The van der Waals surface area contributed by atoms with Gasteiger partial charge in [0.05, 0.1) is 0 Å². The van der Waals surface area contributed by atoms with Gasteiger partial charge in [-0.3, -0.25) is 0 Å². The first-order chi connectivity index (χ1) is 5.70. The molecule has 64 valence electrons. The molecular weight excluding hydrogens is 152 g/mol. The Morgan fingerprint density at radius 2 is 2.08 bits per heavy atom. The van der Waals surface area contributed by atoms with Crippen molar-refractivity contribution in [3.63, 3.8) is 0 Å². The van der Waals surface area contributed by atoms with Gasteiger partial charge in [0.15, 0.2) is 0 Å². The summed E-state index contributed by atoms with van der Waals surface area (Å²) >= 11 is 0. The zero-order chi connectivity index (χ0) is 8.72. The Labute approximate surface area is 71.6 Å². The molecule has 0 saturated heterocycles. The van der Waals surface area contributed by atoms with Crippen LogP contribution in [0.25, 0.3) is 0 Å². The quantitative estimate of drug-likeness (QED) is 0.602. The van der Waals surface area contributed by atoms with Gasteiger partial charge < -0.3 is 5.11 Å². The maximum absolute atomic E-state index is 10.8. The molecule has 2 atom stereocenters. The number of carboxylic acids is 1. The van der Waals surface area contributed by atoms with Gasteiger partial charge in [0.25, 0.3) is 0 Å². The third-order valence-corrected chi connectivity index (χ3v) is 3.00. The van der Waals surface area contributed by atoms with Crippen LogP contribution in [0.1, 0.15) is 19.8 Å². The largest absolute Gasteiger partial charge is 0.478 e. The molecule has 0 amide bonds. The van der Waals surface area contributed by atoms with Gasteiger partial charge in [-0.05, 0) is 25.7 Å². The van der Waals surface area contributed by atoms with Crippen molar-refractivity contribution in [3.05, 3.63) is 23.3 Å². The molecule has 2 rings (SSSR count). The lowest BCUT2D eigenvalue weighted by molar-refractivity contribution is -0.133. The first-order valence-electron chi connectivity index (χ1n) is 4.30. The number of rotatable bonds is 1. The molecule has 0 heterocycles. The molecule has 1 N–H and O–H groups in total. The second-order valence-corrected chi connectivity index (χ2v) is 3.60. The molecule has 0 fully saturated rings. The summed E-state index contributed by atoms with van der Waals surface area (Å²) in [6, 6.07) is 0. The third kappa shape index (κ3) is 0.909. The average Bonchev–Trinajstić information content (AvgIpc) is 2.53. The van der Waals surface area contributed by atoms with Crippen molar-refractivity contribution in [2.75, 3.05) is 0 Å². The van der Waals surface area contributed by atoms with Gasteiger partial charge in [0, 0.05) is 11.5 Å². The summed E-state index contributed by atoms with van der Waals surface area (Å²) in [5, 5.41) is 8.86. The van der Waals surface area contributed by atoms with E-state index in [1.54, 1.807) is 0 Å². The van der Waals surface area contributed by atoms with Crippen LogP contribution in [0.4, 0.5) is 0 Å². The van der Waals surface area contributed by atoms with E-state index in [-0.39, 0.29) is 5.92 Å².